The van der Waals surface area contributed by atoms with E-state index in [2.05, 4.69) is 53.1 Å². The number of nitrogens with two attached hydrogens (primary N) is 1. The van der Waals surface area contributed by atoms with Gasteiger partial charge < -0.3 is 5.73 Å². The van der Waals surface area contributed by atoms with E-state index in [1.807, 2.05) is 0 Å². The van der Waals surface area contributed by atoms with Gasteiger partial charge >= 0.3 is 0 Å². The molecule has 2 aromatic rings. The van der Waals surface area contributed by atoms with Crippen molar-refractivity contribution in [2.75, 3.05) is 0 Å². The molecule has 0 bridgehead atoms. The van der Waals surface area contributed by atoms with Gasteiger partial charge in [-0.25, -0.2) is 4.68 Å². The quantitative estimate of drug-likeness (QED) is 0.917. The van der Waals surface area contributed by atoms with Gasteiger partial charge in [-0.1, -0.05) is 49.7 Å². The molecule has 1 heterocycles. The first-order chi connectivity index (χ1) is 10.2. The van der Waals surface area contributed by atoms with E-state index in [1.165, 1.54) is 36.1 Å². The summed E-state index contributed by atoms with van der Waals surface area (Å²) in [6.45, 7) is 5.71. The molecule has 0 spiro atoms. The molecule has 0 atom stereocenters. The summed E-state index contributed by atoms with van der Waals surface area (Å²) in [5, 5.41) is 8.60. The zero-order chi connectivity index (χ0) is 14.8. The first-order valence-corrected chi connectivity index (χ1v) is 7.90. The van der Waals surface area contributed by atoms with Crippen LogP contribution < -0.4 is 5.73 Å². The third-order valence-corrected chi connectivity index (χ3v) is 4.51. The van der Waals surface area contributed by atoms with Crippen molar-refractivity contribution in [3.8, 4) is 0 Å². The number of hydrogen-bond acceptors (Lipinski definition) is 3. The summed E-state index contributed by atoms with van der Waals surface area (Å²) < 4.78 is 2.05. The Morgan fingerprint density at radius 2 is 1.95 bits per heavy atom. The standard InChI is InChI=1S/C17H24N4/c1-12(2)14-8-6-13(7-9-14)11-21-17(15-4-3-5-15)16(10-18)19-20-21/h6-9,12,15H,3-5,10-11,18H2,1-2H3. The van der Waals surface area contributed by atoms with Gasteiger partial charge in [-0.3, -0.25) is 0 Å². The summed E-state index contributed by atoms with van der Waals surface area (Å²) in [5.74, 6) is 1.17. The van der Waals surface area contributed by atoms with Crippen molar-refractivity contribution in [2.24, 2.45) is 5.73 Å². The average molecular weight is 284 g/mol. The fraction of sp³-hybridized carbons (Fsp3) is 0.529. The molecule has 0 saturated heterocycles. The minimum Gasteiger partial charge on any atom is -0.325 e. The van der Waals surface area contributed by atoms with E-state index in [-0.39, 0.29) is 0 Å². The Kier molecular flexibility index (Phi) is 4.06. The van der Waals surface area contributed by atoms with Crippen LogP contribution in [0.5, 0.6) is 0 Å². The van der Waals surface area contributed by atoms with Crippen LogP contribution in [-0.2, 0) is 13.1 Å². The van der Waals surface area contributed by atoms with E-state index < -0.39 is 0 Å². The Morgan fingerprint density at radius 3 is 2.48 bits per heavy atom. The number of aromatic nitrogens is 3. The Labute approximate surface area is 126 Å². The van der Waals surface area contributed by atoms with Crippen molar-refractivity contribution in [2.45, 2.75) is 58.0 Å². The van der Waals surface area contributed by atoms with Gasteiger partial charge in [0.15, 0.2) is 0 Å². The average Bonchev–Trinajstić information content (AvgIpc) is 2.80. The van der Waals surface area contributed by atoms with Crippen molar-refractivity contribution >= 4 is 0 Å². The summed E-state index contributed by atoms with van der Waals surface area (Å²) in [5.41, 5.74) is 10.7. The zero-order valence-corrected chi connectivity index (χ0v) is 12.9. The van der Waals surface area contributed by atoms with Crippen molar-refractivity contribution in [3.63, 3.8) is 0 Å². The van der Waals surface area contributed by atoms with Crippen LogP contribution >= 0.6 is 0 Å². The summed E-state index contributed by atoms with van der Waals surface area (Å²) in [7, 11) is 0. The molecule has 1 aromatic carbocycles. The van der Waals surface area contributed by atoms with Gasteiger partial charge in [-0.05, 0) is 29.9 Å². The van der Waals surface area contributed by atoms with Crippen LogP contribution in [-0.4, -0.2) is 15.0 Å². The van der Waals surface area contributed by atoms with Crippen LogP contribution in [0.4, 0.5) is 0 Å². The predicted molar refractivity (Wildman–Crippen MR) is 84.1 cm³/mol. The van der Waals surface area contributed by atoms with E-state index in [0.29, 0.717) is 18.4 Å². The molecule has 3 rings (SSSR count). The molecule has 112 valence electrons. The number of benzene rings is 1. The number of nitrogens with zero attached hydrogens (tertiary/aromatic N) is 3. The Morgan fingerprint density at radius 1 is 1.24 bits per heavy atom. The largest absolute Gasteiger partial charge is 0.325 e. The first-order valence-electron chi connectivity index (χ1n) is 7.90. The lowest BCUT2D eigenvalue weighted by Gasteiger charge is -2.26. The smallest absolute Gasteiger partial charge is 0.0997 e. The van der Waals surface area contributed by atoms with Gasteiger partial charge in [0.2, 0.25) is 0 Å². The second-order valence-electron chi connectivity index (χ2n) is 6.31. The Hall–Kier alpha value is -1.68. The van der Waals surface area contributed by atoms with Gasteiger partial charge in [0.05, 0.1) is 17.9 Å². The van der Waals surface area contributed by atoms with Crippen LogP contribution in [0.25, 0.3) is 0 Å². The van der Waals surface area contributed by atoms with Gasteiger partial charge in [0.25, 0.3) is 0 Å². The zero-order valence-electron chi connectivity index (χ0n) is 12.9. The summed E-state index contributed by atoms with van der Waals surface area (Å²) >= 11 is 0. The molecule has 0 unspecified atom stereocenters. The molecular weight excluding hydrogens is 260 g/mol. The maximum absolute atomic E-state index is 5.81. The van der Waals surface area contributed by atoms with Gasteiger partial charge in [0, 0.05) is 12.5 Å². The highest BCUT2D eigenvalue weighted by Gasteiger charge is 2.27. The topological polar surface area (TPSA) is 56.7 Å². The molecule has 1 saturated carbocycles. The third kappa shape index (κ3) is 2.86. The Balaban J connectivity index is 1.82. The predicted octanol–water partition coefficient (Wildman–Crippen LogP) is 3.18. The molecule has 1 aliphatic carbocycles. The molecule has 21 heavy (non-hydrogen) atoms. The van der Waals surface area contributed by atoms with E-state index in [4.69, 9.17) is 5.73 Å². The van der Waals surface area contributed by atoms with E-state index in [9.17, 15) is 0 Å². The summed E-state index contributed by atoms with van der Waals surface area (Å²) in [4.78, 5) is 0. The second-order valence-corrected chi connectivity index (χ2v) is 6.31. The number of rotatable bonds is 5. The van der Waals surface area contributed by atoms with Gasteiger partial charge in [-0.2, -0.15) is 0 Å². The third-order valence-electron chi connectivity index (χ3n) is 4.51. The van der Waals surface area contributed by atoms with Crippen molar-refractivity contribution in [1.82, 2.24) is 15.0 Å². The van der Waals surface area contributed by atoms with E-state index in [1.54, 1.807) is 0 Å². The van der Waals surface area contributed by atoms with Crippen molar-refractivity contribution < 1.29 is 0 Å². The van der Waals surface area contributed by atoms with Gasteiger partial charge in [-0.15, -0.1) is 5.10 Å². The lowest BCUT2D eigenvalue weighted by molar-refractivity contribution is 0.390. The molecule has 4 nitrogen and oxygen atoms in total. The fourth-order valence-corrected chi connectivity index (χ4v) is 2.93. The van der Waals surface area contributed by atoms with Crippen LogP contribution in [0, 0.1) is 0 Å². The van der Waals surface area contributed by atoms with Crippen molar-refractivity contribution in [3.05, 3.63) is 46.8 Å². The SMILES string of the molecule is CC(C)c1ccc(Cn2nnc(CN)c2C2CCC2)cc1. The molecule has 0 amide bonds. The highest BCUT2D eigenvalue weighted by Crippen LogP contribution is 2.37. The van der Waals surface area contributed by atoms with Crippen LogP contribution in [0.2, 0.25) is 0 Å². The molecule has 1 fully saturated rings. The fourth-order valence-electron chi connectivity index (χ4n) is 2.93. The first kappa shape index (κ1) is 14.3. The van der Waals surface area contributed by atoms with Crippen LogP contribution in [0.1, 0.15) is 67.5 Å². The lowest BCUT2D eigenvalue weighted by Crippen LogP contribution is -2.18. The molecule has 0 radical (unpaired) electrons. The lowest BCUT2D eigenvalue weighted by atomic mass is 9.82. The van der Waals surface area contributed by atoms with Gasteiger partial charge in [0.1, 0.15) is 0 Å². The molecule has 0 aliphatic heterocycles. The monoisotopic (exact) mass is 284 g/mol. The maximum Gasteiger partial charge on any atom is 0.0997 e. The maximum atomic E-state index is 5.81. The van der Waals surface area contributed by atoms with Crippen molar-refractivity contribution in [1.29, 1.82) is 0 Å². The van der Waals surface area contributed by atoms with E-state index in [0.717, 1.165) is 12.2 Å². The molecule has 2 N–H and O–H groups in total. The minimum absolute atomic E-state index is 0.484. The molecule has 1 aromatic heterocycles. The normalized spacial score (nSPS) is 15.4. The molecular formula is C17H24N4. The van der Waals surface area contributed by atoms with Crippen LogP contribution in [0.3, 0.4) is 0 Å². The number of hydrogen-bond donors (Lipinski definition) is 1. The van der Waals surface area contributed by atoms with Crippen LogP contribution in [0.15, 0.2) is 24.3 Å². The minimum atomic E-state index is 0.484. The Bertz CT molecular complexity index is 594. The molecule has 1 aliphatic rings. The summed E-state index contributed by atoms with van der Waals surface area (Å²) in [6, 6.07) is 8.82. The highest BCUT2D eigenvalue weighted by molar-refractivity contribution is 5.26. The second kappa shape index (κ2) is 5.98. The molecule has 4 heteroatoms. The van der Waals surface area contributed by atoms with E-state index >= 15 is 0 Å². The highest BCUT2D eigenvalue weighted by atomic mass is 15.4. The summed E-state index contributed by atoms with van der Waals surface area (Å²) in [6.07, 6.45) is 3.79.